The van der Waals surface area contributed by atoms with E-state index in [1.165, 1.54) is 0 Å². The third-order valence-electron chi connectivity index (χ3n) is 2.64. The molecule has 0 saturated heterocycles. The number of rotatable bonds is 4. The average Bonchev–Trinajstić information content (AvgIpc) is 2.68. The molecule has 2 aromatic rings. The van der Waals surface area contributed by atoms with Crippen molar-refractivity contribution < 1.29 is 5.11 Å². The van der Waals surface area contributed by atoms with Crippen molar-refractivity contribution in [3.63, 3.8) is 0 Å². The minimum Gasteiger partial charge on any atom is -0.388 e. The molecule has 1 unspecified atom stereocenters. The second-order valence-corrected chi connectivity index (χ2v) is 4.38. The molecule has 0 aliphatic heterocycles. The van der Waals surface area contributed by atoms with Gasteiger partial charge in [0.25, 0.3) is 0 Å². The number of hydrogen-bond acceptors (Lipinski definition) is 5. The van der Waals surface area contributed by atoms with Crippen molar-refractivity contribution in [2.75, 3.05) is 18.9 Å². The highest BCUT2D eigenvalue weighted by atomic mass is 16.3. The second kappa shape index (κ2) is 4.31. The van der Waals surface area contributed by atoms with Crippen LogP contribution in [-0.4, -0.2) is 39.3 Å². The molecule has 0 amide bonds. The summed E-state index contributed by atoms with van der Waals surface area (Å²) in [5, 5.41) is 12.8. The van der Waals surface area contributed by atoms with Crippen LogP contribution >= 0.6 is 0 Å². The first-order chi connectivity index (χ1) is 8.04. The van der Waals surface area contributed by atoms with Crippen LogP contribution in [0.2, 0.25) is 0 Å². The lowest BCUT2D eigenvalue weighted by Gasteiger charge is -2.18. The number of nitrogens with two attached hydrogens (primary N) is 1. The van der Waals surface area contributed by atoms with Crippen molar-refractivity contribution >= 4 is 17.0 Å². The van der Waals surface area contributed by atoms with E-state index in [0.29, 0.717) is 17.9 Å². The standard InChI is InChI=1S/C11H17N5O/c1-11(17,6-12)5-9-14-7-3-4-8(13-2)15-10(7)16-9/h3-4,17H,5-6,12H2,1-2H3,(H2,13,14,15,16). The molecule has 1 atom stereocenters. The molecule has 17 heavy (non-hydrogen) atoms. The quantitative estimate of drug-likeness (QED) is 0.609. The number of aromatic amines is 1. The maximum atomic E-state index is 9.88. The molecule has 5 N–H and O–H groups in total. The Hall–Kier alpha value is -1.66. The fourth-order valence-electron chi connectivity index (χ4n) is 1.60. The Bertz CT molecular complexity index is 520. The van der Waals surface area contributed by atoms with Gasteiger partial charge in [0.15, 0.2) is 5.65 Å². The third-order valence-corrected chi connectivity index (χ3v) is 2.64. The van der Waals surface area contributed by atoms with Gasteiger partial charge in [-0.2, -0.15) is 0 Å². The number of aliphatic hydroxyl groups is 1. The van der Waals surface area contributed by atoms with Crippen LogP contribution in [0.4, 0.5) is 5.82 Å². The molecule has 0 aliphatic carbocycles. The highest BCUT2D eigenvalue weighted by Gasteiger charge is 2.20. The first-order valence-corrected chi connectivity index (χ1v) is 5.50. The Morgan fingerprint density at radius 1 is 1.47 bits per heavy atom. The van der Waals surface area contributed by atoms with Crippen LogP contribution in [0.15, 0.2) is 12.1 Å². The summed E-state index contributed by atoms with van der Waals surface area (Å²) in [6.45, 7) is 1.88. The molecule has 92 valence electrons. The van der Waals surface area contributed by atoms with Gasteiger partial charge in [-0.15, -0.1) is 0 Å². The molecule has 0 aliphatic rings. The summed E-state index contributed by atoms with van der Waals surface area (Å²) in [7, 11) is 1.81. The lowest BCUT2D eigenvalue weighted by atomic mass is 10.0. The summed E-state index contributed by atoms with van der Waals surface area (Å²) in [5.74, 6) is 1.46. The first kappa shape index (κ1) is 11.8. The highest BCUT2D eigenvalue weighted by molar-refractivity contribution is 5.72. The fourth-order valence-corrected chi connectivity index (χ4v) is 1.60. The number of nitrogens with one attached hydrogen (secondary N) is 2. The zero-order chi connectivity index (χ0) is 12.5. The summed E-state index contributed by atoms with van der Waals surface area (Å²) in [4.78, 5) is 11.8. The van der Waals surface area contributed by atoms with Gasteiger partial charge in [0.2, 0.25) is 0 Å². The number of pyridine rings is 1. The van der Waals surface area contributed by atoms with Gasteiger partial charge in [-0.3, -0.25) is 0 Å². The van der Waals surface area contributed by atoms with Gasteiger partial charge in [0, 0.05) is 20.0 Å². The minimum absolute atomic E-state index is 0.194. The molecule has 2 heterocycles. The smallest absolute Gasteiger partial charge is 0.179 e. The van der Waals surface area contributed by atoms with Crippen LogP contribution in [0.25, 0.3) is 11.2 Å². The summed E-state index contributed by atoms with van der Waals surface area (Å²) in [6.07, 6.45) is 0.384. The van der Waals surface area contributed by atoms with E-state index in [-0.39, 0.29) is 6.54 Å². The lowest BCUT2D eigenvalue weighted by molar-refractivity contribution is 0.0678. The number of fused-ring (bicyclic) bond motifs is 1. The van der Waals surface area contributed by atoms with Gasteiger partial charge < -0.3 is 21.1 Å². The van der Waals surface area contributed by atoms with Gasteiger partial charge in [-0.25, -0.2) is 9.97 Å². The predicted octanol–water partition coefficient (Wildman–Crippen LogP) is 0.252. The predicted molar refractivity (Wildman–Crippen MR) is 66.8 cm³/mol. The van der Waals surface area contributed by atoms with Crippen LogP contribution in [0, 0.1) is 0 Å². The van der Waals surface area contributed by atoms with Crippen molar-refractivity contribution in [3.8, 4) is 0 Å². The molecule has 6 nitrogen and oxygen atoms in total. The van der Waals surface area contributed by atoms with Crippen molar-refractivity contribution in [2.24, 2.45) is 5.73 Å². The molecule has 2 aromatic heterocycles. The Morgan fingerprint density at radius 2 is 2.24 bits per heavy atom. The normalized spacial score (nSPS) is 14.8. The van der Waals surface area contributed by atoms with Crippen LogP contribution in [0.1, 0.15) is 12.7 Å². The van der Waals surface area contributed by atoms with Crippen LogP contribution in [0.5, 0.6) is 0 Å². The number of hydrogen-bond donors (Lipinski definition) is 4. The molecule has 0 saturated carbocycles. The van der Waals surface area contributed by atoms with E-state index in [4.69, 9.17) is 5.73 Å². The first-order valence-electron chi connectivity index (χ1n) is 5.50. The van der Waals surface area contributed by atoms with Crippen molar-refractivity contribution in [2.45, 2.75) is 18.9 Å². The van der Waals surface area contributed by atoms with Crippen molar-refractivity contribution in [3.05, 3.63) is 18.0 Å². The van der Waals surface area contributed by atoms with Gasteiger partial charge >= 0.3 is 0 Å². The van der Waals surface area contributed by atoms with Gasteiger partial charge in [0.05, 0.1) is 11.1 Å². The van der Waals surface area contributed by atoms with E-state index in [2.05, 4.69) is 20.3 Å². The van der Waals surface area contributed by atoms with E-state index in [9.17, 15) is 5.11 Å². The molecule has 0 spiro atoms. The largest absolute Gasteiger partial charge is 0.388 e. The van der Waals surface area contributed by atoms with E-state index >= 15 is 0 Å². The molecule has 2 rings (SSSR count). The van der Waals surface area contributed by atoms with E-state index in [0.717, 1.165) is 11.3 Å². The Labute approximate surface area is 99.3 Å². The summed E-state index contributed by atoms with van der Waals surface area (Å²) in [6, 6.07) is 3.77. The summed E-state index contributed by atoms with van der Waals surface area (Å²) < 4.78 is 0. The van der Waals surface area contributed by atoms with Crippen LogP contribution in [0.3, 0.4) is 0 Å². The lowest BCUT2D eigenvalue weighted by Crippen LogP contribution is -2.36. The molecular weight excluding hydrogens is 218 g/mol. The number of H-pyrrole nitrogens is 1. The van der Waals surface area contributed by atoms with E-state index in [1.807, 2.05) is 12.1 Å². The Balaban J connectivity index is 2.31. The van der Waals surface area contributed by atoms with Gasteiger partial charge in [-0.05, 0) is 19.1 Å². The molecule has 0 radical (unpaired) electrons. The van der Waals surface area contributed by atoms with E-state index < -0.39 is 5.60 Å². The molecule has 0 aromatic carbocycles. The minimum atomic E-state index is -0.945. The molecular formula is C11H17N5O. The SMILES string of the molecule is CNc1ccc2[nH]c(CC(C)(O)CN)nc2n1. The summed E-state index contributed by atoms with van der Waals surface area (Å²) >= 11 is 0. The maximum absolute atomic E-state index is 9.88. The van der Waals surface area contributed by atoms with Gasteiger partial charge in [-0.1, -0.05) is 0 Å². The zero-order valence-electron chi connectivity index (χ0n) is 9.99. The van der Waals surface area contributed by atoms with E-state index in [1.54, 1.807) is 14.0 Å². The summed E-state index contributed by atoms with van der Waals surface area (Å²) in [5.41, 5.74) is 6.02. The fraction of sp³-hybridized carbons (Fsp3) is 0.455. The molecule has 0 bridgehead atoms. The molecule has 6 heteroatoms. The average molecular weight is 235 g/mol. The number of nitrogens with zero attached hydrogens (tertiary/aromatic N) is 2. The highest BCUT2D eigenvalue weighted by Crippen LogP contribution is 2.15. The topological polar surface area (TPSA) is 99.8 Å². The van der Waals surface area contributed by atoms with Crippen LogP contribution < -0.4 is 11.1 Å². The van der Waals surface area contributed by atoms with Crippen molar-refractivity contribution in [1.82, 2.24) is 15.0 Å². The molecule has 0 fully saturated rings. The third kappa shape index (κ3) is 2.54. The number of anilines is 1. The number of imidazole rings is 1. The zero-order valence-corrected chi connectivity index (χ0v) is 9.99. The second-order valence-electron chi connectivity index (χ2n) is 4.38. The number of aromatic nitrogens is 3. The monoisotopic (exact) mass is 235 g/mol. The maximum Gasteiger partial charge on any atom is 0.179 e. The Morgan fingerprint density at radius 3 is 2.88 bits per heavy atom. The van der Waals surface area contributed by atoms with Crippen molar-refractivity contribution in [1.29, 1.82) is 0 Å². The Kier molecular flexibility index (Phi) is 2.99. The van der Waals surface area contributed by atoms with Gasteiger partial charge in [0.1, 0.15) is 11.6 Å². The van der Waals surface area contributed by atoms with Crippen LogP contribution in [-0.2, 0) is 6.42 Å².